The number of hydrogen-bond donors (Lipinski definition) is 1. The van der Waals surface area contributed by atoms with Gasteiger partial charge in [-0.2, -0.15) is 23.4 Å². The minimum atomic E-state index is -4.67. The van der Waals surface area contributed by atoms with Gasteiger partial charge in [0.1, 0.15) is 6.54 Å². The molecular weight excluding hydrogens is 419 g/mol. The number of aromatic nitrogens is 4. The quantitative estimate of drug-likeness (QED) is 0.611. The predicted molar refractivity (Wildman–Crippen MR) is 105 cm³/mol. The molecule has 0 radical (unpaired) electrons. The number of alkyl halides is 3. The highest BCUT2D eigenvalue weighted by molar-refractivity contribution is 6.32. The minimum absolute atomic E-state index is 0.0952. The second-order valence-electron chi connectivity index (χ2n) is 7.35. The summed E-state index contributed by atoms with van der Waals surface area (Å²) >= 11 is 5.94. The number of nitrogens with one attached hydrogen (secondary N) is 1. The van der Waals surface area contributed by atoms with Gasteiger partial charge >= 0.3 is 6.18 Å². The molecule has 30 heavy (non-hydrogen) atoms. The fraction of sp³-hybridized carbons (Fsp3) is 0.350. The van der Waals surface area contributed by atoms with Crippen LogP contribution in [0.3, 0.4) is 0 Å². The minimum Gasteiger partial charge on any atom is -0.308 e. The SMILES string of the molecule is Cc1ccccc1Cn1ccc(NC(=O)Cn2nc(C(F)(F)F)c(Cl)c2C2CC2)n1. The van der Waals surface area contributed by atoms with Gasteiger partial charge in [0.05, 0.1) is 17.3 Å². The molecule has 2 aromatic heterocycles. The highest BCUT2D eigenvalue weighted by atomic mass is 35.5. The molecule has 1 aliphatic carbocycles. The zero-order valence-electron chi connectivity index (χ0n) is 16.1. The maximum absolute atomic E-state index is 13.1. The molecule has 1 aromatic carbocycles. The van der Waals surface area contributed by atoms with E-state index in [4.69, 9.17) is 11.6 Å². The van der Waals surface area contributed by atoms with Gasteiger partial charge in [-0.3, -0.25) is 14.2 Å². The first-order chi connectivity index (χ1) is 14.2. The summed E-state index contributed by atoms with van der Waals surface area (Å²) in [6.07, 6.45) is -1.48. The van der Waals surface area contributed by atoms with Crippen LogP contribution in [-0.4, -0.2) is 25.5 Å². The van der Waals surface area contributed by atoms with Gasteiger partial charge in [-0.1, -0.05) is 35.9 Å². The number of nitrogens with zero attached hydrogens (tertiary/aromatic N) is 4. The molecule has 1 fully saturated rings. The van der Waals surface area contributed by atoms with E-state index in [0.717, 1.165) is 28.7 Å². The first kappa shape index (κ1) is 20.5. The van der Waals surface area contributed by atoms with Crippen molar-refractivity contribution in [3.8, 4) is 0 Å². The molecule has 158 valence electrons. The van der Waals surface area contributed by atoms with Crippen LogP contribution < -0.4 is 5.32 Å². The molecule has 1 amide bonds. The van der Waals surface area contributed by atoms with Crippen LogP contribution in [0.5, 0.6) is 0 Å². The Bertz CT molecular complexity index is 1080. The number of halogens is 4. The van der Waals surface area contributed by atoms with Crippen molar-refractivity contribution in [2.45, 2.75) is 44.9 Å². The van der Waals surface area contributed by atoms with Crippen LogP contribution in [0.2, 0.25) is 5.02 Å². The Labute approximate surface area is 175 Å². The molecule has 2 heterocycles. The van der Waals surface area contributed by atoms with Crippen LogP contribution in [-0.2, 0) is 24.1 Å². The average Bonchev–Trinajstić information content (AvgIpc) is 3.31. The van der Waals surface area contributed by atoms with E-state index in [1.165, 1.54) is 0 Å². The third kappa shape index (κ3) is 4.35. The lowest BCUT2D eigenvalue weighted by Crippen LogP contribution is -2.21. The second-order valence-corrected chi connectivity index (χ2v) is 7.73. The van der Waals surface area contributed by atoms with Crippen molar-refractivity contribution >= 4 is 23.3 Å². The summed E-state index contributed by atoms with van der Waals surface area (Å²) in [5.41, 5.74) is 1.34. The molecule has 0 atom stereocenters. The molecular formula is C20H19ClF3N5O. The number of rotatable bonds is 6. The van der Waals surface area contributed by atoms with E-state index in [0.29, 0.717) is 12.4 Å². The third-order valence-corrected chi connectivity index (χ3v) is 5.33. The summed E-state index contributed by atoms with van der Waals surface area (Å²) in [5.74, 6) is -0.302. The van der Waals surface area contributed by atoms with Crippen molar-refractivity contribution in [2.75, 3.05) is 5.32 Å². The number of carbonyl (C=O) groups is 1. The van der Waals surface area contributed by atoms with Gasteiger partial charge in [0.2, 0.25) is 5.91 Å². The van der Waals surface area contributed by atoms with Crippen molar-refractivity contribution in [1.29, 1.82) is 0 Å². The monoisotopic (exact) mass is 437 g/mol. The molecule has 0 aliphatic heterocycles. The largest absolute Gasteiger partial charge is 0.436 e. The number of carbonyl (C=O) groups excluding carboxylic acids is 1. The van der Waals surface area contributed by atoms with Gasteiger partial charge in [0.25, 0.3) is 0 Å². The van der Waals surface area contributed by atoms with Crippen LogP contribution >= 0.6 is 11.6 Å². The summed E-state index contributed by atoms with van der Waals surface area (Å²) in [5, 5.41) is 10.1. The molecule has 0 saturated heterocycles. The fourth-order valence-electron chi connectivity index (χ4n) is 3.30. The summed E-state index contributed by atoms with van der Waals surface area (Å²) < 4.78 is 42.2. The van der Waals surface area contributed by atoms with Crippen molar-refractivity contribution < 1.29 is 18.0 Å². The molecule has 1 aliphatic rings. The van der Waals surface area contributed by atoms with Crippen LogP contribution in [0.15, 0.2) is 36.5 Å². The normalized spacial score (nSPS) is 14.2. The first-order valence-electron chi connectivity index (χ1n) is 9.43. The van der Waals surface area contributed by atoms with Crippen LogP contribution in [0, 0.1) is 6.92 Å². The van der Waals surface area contributed by atoms with Crippen molar-refractivity contribution in [3.63, 3.8) is 0 Å². The Balaban J connectivity index is 1.46. The smallest absolute Gasteiger partial charge is 0.308 e. The van der Waals surface area contributed by atoms with Gasteiger partial charge in [-0.15, -0.1) is 0 Å². The van der Waals surface area contributed by atoms with E-state index in [-0.39, 0.29) is 18.2 Å². The van der Waals surface area contributed by atoms with E-state index in [1.807, 2.05) is 31.2 Å². The number of amides is 1. The lowest BCUT2D eigenvalue weighted by molar-refractivity contribution is -0.141. The van der Waals surface area contributed by atoms with E-state index in [1.54, 1.807) is 16.9 Å². The summed E-state index contributed by atoms with van der Waals surface area (Å²) in [7, 11) is 0. The fourth-order valence-corrected chi connectivity index (χ4v) is 3.70. The molecule has 6 nitrogen and oxygen atoms in total. The van der Waals surface area contributed by atoms with Crippen molar-refractivity contribution in [2.24, 2.45) is 0 Å². The Kier molecular flexibility index (Phi) is 5.31. The summed E-state index contributed by atoms with van der Waals surface area (Å²) in [6.45, 7) is 2.17. The van der Waals surface area contributed by atoms with Crippen LogP contribution in [0.25, 0.3) is 0 Å². The molecule has 10 heteroatoms. The summed E-state index contributed by atoms with van der Waals surface area (Å²) in [6, 6.07) is 9.53. The second kappa shape index (κ2) is 7.79. The Hall–Kier alpha value is -2.81. The Morgan fingerprint density at radius 2 is 1.97 bits per heavy atom. The third-order valence-electron chi connectivity index (χ3n) is 4.96. The Morgan fingerprint density at radius 1 is 1.23 bits per heavy atom. The van der Waals surface area contributed by atoms with Gasteiger partial charge in [0, 0.05) is 18.2 Å². The van der Waals surface area contributed by atoms with Gasteiger partial charge in [-0.05, 0) is 30.9 Å². The standard InChI is InChI=1S/C20H19ClF3N5O/c1-12-4-2-3-5-14(12)10-28-9-8-15(26-28)25-16(30)11-29-18(13-6-7-13)17(21)19(27-29)20(22,23)24/h2-5,8-9,13H,6-7,10-11H2,1H3,(H,25,26,30). The van der Waals surface area contributed by atoms with E-state index in [9.17, 15) is 18.0 Å². The number of benzene rings is 1. The van der Waals surface area contributed by atoms with Crippen LogP contribution in [0.1, 0.15) is 41.3 Å². The number of anilines is 1. The number of aryl methyl sites for hydroxylation is 1. The van der Waals surface area contributed by atoms with E-state index in [2.05, 4.69) is 15.5 Å². The predicted octanol–water partition coefficient (Wildman–Crippen LogP) is 4.62. The highest BCUT2D eigenvalue weighted by Gasteiger charge is 2.42. The maximum Gasteiger partial charge on any atom is 0.436 e. The molecule has 0 spiro atoms. The zero-order chi connectivity index (χ0) is 21.5. The molecule has 1 saturated carbocycles. The number of hydrogen-bond acceptors (Lipinski definition) is 3. The topological polar surface area (TPSA) is 64.7 Å². The highest BCUT2D eigenvalue weighted by Crippen LogP contribution is 2.46. The molecule has 4 rings (SSSR count). The molecule has 1 N–H and O–H groups in total. The molecule has 0 bridgehead atoms. The van der Waals surface area contributed by atoms with Gasteiger partial charge in [0.15, 0.2) is 11.5 Å². The average molecular weight is 438 g/mol. The first-order valence-corrected chi connectivity index (χ1v) is 9.81. The van der Waals surface area contributed by atoms with Gasteiger partial charge in [-0.25, -0.2) is 0 Å². The lowest BCUT2D eigenvalue weighted by Gasteiger charge is -2.07. The molecule has 0 unspecified atom stereocenters. The van der Waals surface area contributed by atoms with Crippen molar-refractivity contribution in [1.82, 2.24) is 19.6 Å². The van der Waals surface area contributed by atoms with E-state index >= 15 is 0 Å². The van der Waals surface area contributed by atoms with Crippen molar-refractivity contribution in [3.05, 3.63) is 64.1 Å². The molecule has 3 aromatic rings. The van der Waals surface area contributed by atoms with Gasteiger partial charge < -0.3 is 5.32 Å². The Morgan fingerprint density at radius 3 is 2.63 bits per heavy atom. The van der Waals surface area contributed by atoms with Crippen LogP contribution in [0.4, 0.5) is 19.0 Å². The van der Waals surface area contributed by atoms with E-state index < -0.39 is 22.8 Å². The lowest BCUT2D eigenvalue weighted by atomic mass is 10.1. The maximum atomic E-state index is 13.1. The summed E-state index contributed by atoms with van der Waals surface area (Å²) in [4.78, 5) is 12.4. The zero-order valence-corrected chi connectivity index (χ0v) is 16.8.